The van der Waals surface area contributed by atoms with Gasteiger partial charge in [0.1, 0.15) is 5.76 Å². The van der Waals surface area contributed by atoms with Gasteiger partial charge in [-0.2, -0.15) is 0 Å². The highest BCUT2D eigenvalue weighted by atomic mass is 16.5. The van der Waals surface area contributed by atoms with Crippen LogP contribution in [0, 0.1) is 6.92 Å². The molecule has 0 aliphatic carbocycles. The van der Waals surface area contributed by atoms with Gasteiger partial charge in [0.2, 0.25) is 0 Å². The molecule has 2 unspecified atom stereocenters. The number of rotatable bonds is 5. The van der Waals surface area contributed by atoms with Crippen LogP contribution in [0.1, 0.15) is 55.9 Å². The summed E-state index contributed by atoms with van der Waals surface area (Å²) in [5, 5.41) is 16.6. The number of hydrogen-bond acceptors (Lipinski definition) is 4. The fraction of sp³-hybridized carbons (Fsp3) is 0.692. The van der Waals surface area contributed by atoms with E-state index >= 15 is 0 Å². The Morgan fingerprint density at radius 1 is 1.56 bits per heavy atom. The van der Waals surface area contributed by atoms with Crippen molar-refractivity contribution in [1.29, 1.82) is 0 Å². The summed E-state index contributed by atoms with van der Waals surface area (Å²) in [6, 6.07) is -0.351. The molecule has 0 aliphatic heterocycles. The standard InChI is InChI=1S/C13H22N2O3/c1-6-10-8(3)11(15-18-10)12(16)14-9(4)13(5,17)7-2/h9,17H,6-7H2,1-5H3,(H,14,16). The van der Waals surface area contributed by atoms with E-state index in [4.69, 9.17) is 4.52 Å². The van der Waals surface area contributed by atoms with Crippen LogP contribution in [-0.4, -0.2) is 27.8 Å². The molecule has 0 saturated carbocycles. The van der Waals surface area contributed by atoms with Crippen LogP contribution in [0.15, 0.2) is 4.52 Å². The van der Waals surface area contributed by atoms with Crippen LogP contribution in [-0.2, 0) is 6.42 Å². The van der Waals surface area contributed by atoms with E-state index in [9.17, 15) is 9.90 Å². The van der Waals surface area contributed by atoms with Crippen LogP contribution in [0.4, 0.5) is 0 Å². The van der Waals surface area contributed by atoms with Crippen molar-refractivity contribution in [1.82, 2.24) is 10.5 Å². The summed E-state index contributed by atoms with van der Waals surface area (Å²) in [4.78, 5) is 12.0. The summed E-state index contributed by atoms with van der Waals surface area (Å²) in [5.74, 6) is 0.409. The number of aliphatic hydroxyl groups is 1. The lowest BCUT2D eigenvalue weighted by atomic mass is 9.95. The van der Waals surface area contributed by atoms with E-state index in [1.54, 1.807) is 13.8 Å². The molecule has 2 N–H and O–H groups in total. The first-order valence-corrected chi connectivity index (χ1v) is 6.31. The third-order valence-corrected chi connectivity index (χ3v) is 3.55. The van der Waals surface area contributed by atoms with Crippen molar-refractivity contribution in [2.45, 2.75) is 59.1 Å². The molecular weight excluding hydrogens is 232 g/mol. The molecule has 2 atom stereocenters. The molecule has 0 aromatic carbocycles. The second-order valence-electron chi connectivity index (χ2n) is 4.84. The molecule has 1 amide bonds. The lowest BCUT2D eigenvalue weighted by Crippen LogP contribution is -2.48. The van der Waals surface area contributed by atoms with E-state index in [1.807, 2.05) is 20.8 Å². The van der Waals surface area contributed by atoms with Crippen molar-refractivity contribution in [2.24, 2.45) is 0 Å². The molecule has 5 nitrogen and oxygen atoms in total. The minimum atomic E-state index is -0.930. The van der Waals surface area contributed by atoms with E-state index in [1.165, 1.54) is 0 Å². The molecule has 1 rings (SSSR count). The summed E-state index contributed by atoms with van der Waals surface area (Å²) in [6.45, 7) is 9.11. The fourth-order valence-electron chi connectivity index (χ4n) is 1.64. The van der Waals surface area contributed by atoms with E-state index in [2.05, 4.69) is 10.5 Å². The third-order valence-electron chi connectivity index (χ3n) is 3.55. The summed E-state index contributed by atoms with van der Waals surface area (Å²) in [7, 11) is 0. The molecule has 1 heterocycles. The van der Waals surface area contributed by atoms with Gasteiger partial charge in [0.25, 0.3) is 5.91 Å². The van der Waals surface area contributed by atoms with Gasteiger partial charge < -0.3 is 14.9 Å². The highest BCUT2D eigenvalue weighted by Crippen LogP contribution is 2.16. The predicted molar refractivity (Wildman–Crippen MR) is 68.5 cm³/mol. The minimum absolute atomic E-state index is 0.297. The summed E-state index contributed by atoms with van der Waals surface area (Å²) in [6.07, 6.45) is 1.26. The molecule has 0 radical (unpaired) electrons. The van der Waals surface area contributed by atoms with Gasteiger partial charge in [-0.1, -0.05) is 19.0 Å². The molecular formula is C13H22N2O3. The first-order valence-electron chi connectivity index (χ1n) is 6.31. The normalized spacial score (nSPS) is 16.1. The number of nitrogens with zero attached hydrogens (tertiary/aromatic N) is 1. The zero-order chi connectivity index (χ0) is 13.9. The molecule has 102 valence electrons. The van der Waals surface area contributed by atoms with Crippen LogP contribution in [0.25, 0.3) is 0 Å². The highest BCUT2D eigenvalue weighted by molar-refractivity contribution is 5.93. The third kappa shape index (κ3) is 2.90. The SMILES string of the molecule is CCc1onc(C(=O)NC(C)C(C)(O)CC)c1C. The summed E-state index contributed by atoms with van der Waals surface area (Å²) in [5.41, 5.74) is 0.130. The zero-order valence-electron chi connectivity index (χ0n) is 11.7. The molecule has 18 heavy (non-hydrogen) atoms. The first-order chi connectivity index (χ1) is 8.33. The zero-order valence-corrected chi connectivity index (χ0v) is 11.7. The second kappa shape index (κ2) is 5.52. The molecule has 0 fully saturated rings. The highest BCUT2D eigenvalue weighted by Gasteiger charge is 2.29. The first kappa shape index (κ1) is 14.7. The van der Waals surface area contributed by atoms with Crippen molar-refractivity contribution in [3.05, 3.63) is 17.0 Å². The Balaban J connectivity index is 2.80. The lowest BCUT2D eigenvalue weighted by molar-refractivity contribution is 0.0210. The number of carbonyl (C=O) groups is 1. The number of carbonyl (C=O) groups excluding carboxylic acids is 1. The number of aromatic nitrogens is 1. The van der Waals surface area contributed by atoms with E-state index in [-0.39, 0.29) is 11.9 Å². The van der Waals surface area contributed by atoms with E-state index in [0.29, 0.717) is 18.5 Å². The average Bonchev–Trinajstić information content (AvgIpc) is 2.70. The van der Waals surface area contributed by atoms with Crippen LogP contribution >= 0.6 is 0 Å². The molecule has 0 spiro atoms. The molecule has 0 bridgehead atoms. The van der Waals surface area contributed by atoms with Crippen LogP contribution in [0.3, 0.4) is 0 Å². The second-order valence-corrected chi connectivity index (χ2v) is 4.84. The van der Waals surface area contributed by atoms with Crippen molar-refractivity contribution in [2.75, 3.05) is 0 Å². The van der Waals surface area contributed by atoms with E-state index in [0.717, 1.165) is 11.3 Å². The van der Waals surface area contributed by atoms with Crippen LogP contribution < -0.4 is 5.32 Å². The Kier molecular flexibility index (Phi) is 4.51. The Morgan fingerprint density at radius 3 is 2.61 bits per heavy atom. The number of nitrogens with one attached hydrogen (secondary N) is 1. The van der Waals surface area contributed by atoms with Gasteiger partial charge in [-0.25, -0.2) is 0 Å². The molecule has 1 aromatic heterocycles. The smallest absolute Gasteiger partial charge is 0.274 e. The molecule has 5 heteroatoms. The average molecular weight is 254 g/mol. The maximum Gasteiger partial charge on any atom is 0.274 e. The number of aryl methyl sites for hydroxylation is 1. The maximum absolute atomic E-state index is 12.0. The van der Waals surface area contributed by atoms with Gasteiger partial charge in [-0.3, -0.25) is 4.79 Å². The monoisotopic (exact) mass is 254 g/mol. The topological polar surface area (TPSA) is 75.4 Å². The van der Waals surface area contributed by atoms with Crippen molar-refractivity contribution < 1.29 is 14.4 Å². The van der Waals surface area contributed by atoms with Crippen molar-refractivity contribution >= 4 is 5.91 Å². The Hall–Kier alpha value is -1.36. The Labute approximate surface area is 108 Å². The van der Waals surface area contributed by atoms with Crippen molar-refractivity contribution in [3.8, 4) is 0 Å². The summed E-state index contributed by atoms with van der Waals surface area (Å²) < 4.78 is 5.09. The van der Waals surface area contributed by atoms with Gasteiger partial charge >= 0.3 is 0 Å². The summed E-state index contributed by atoms with van der Waals surface area (Å²) >= 11 is 0. The molecule has 1 aromatic rings. The largest absolute Gasteiger partial charge is 0.388 e. The molecule has 0 saturated heterocycles. The maximum atomic E-state index is 12.0. The molecule has 0 aliphatic rings. The van der Waals surface area contributed by atoms with Crippen LogP contribution in [0.5, 0.6) is 0 Å². The lowest BCUT2D eigenvalue weighted by Gasteiger charge is -2.29. The fourth-order valence-corrected chi connectivity index (χ4v) is 1.64. The van der Waals surface area contributed by atoms with Gasteiger partial charge in [0.05, 0.1) is 11.6 Å². The minimum Gasteiger partial charge on any atom is -0.388 e. The number of hydrogen-bond donors (Lipinski definition) is 2. The Morgan fingerprint density at radius 2 is 2.17 bits per heavy atom. The van der Waals surface area contributed by atoms with Gasteiger partial charge in [0.15, 0.2) is 5.69 Å². The van der Waals surface area contributed by atoms with Crippen LogP contribution in [0.2, 0.25) is 0 Å². The van der Waals surface area contributed by atoms with Crippen molar-refractivity contribution in [3.63, 3.8) is 0 Å². The van der Waals surface area contributed by atoms with Gasteiger partial charge in [0, 0.05) is 12.0 Å². The Bertz CT molecular complexity index is 424. The predicted octanol–water partition coefficient (Wildman–Crippen LogP) is 1.82. The quantitative estimate of drug-likeness (QED) is 0.840. The van der Waals surface area contributed by atoms with Gasteiger partial charge in [-0.05, 0) is 27.2 Å². The van der Waals surface area contributed by atoms with E-state index < -0.39 is 5.60 Å². The van der Waals surface area contributed by atoms with Gasteiger partial charge in [-0.15, -0.1) is 0 Å². The number of amides is 1.